The Hall–Kier alpha value is -2.39. The quantitative estimate of drug-likeness (QED) is 0.686. The normalized spacial score (nSPS) is 13.1. The van der Waals surface area contributed by atoms with E-state index in [1.54, 1.807) is 12.1 Å². The Bertz CT molecular complexity index is 812. The maximum Gasteiger partial charge on any atom is 0.304 e. The van der Waals surface area contributed by atoms with E-state index in [2.05, 4.69) is 9.97 Å². The predicted octanol–water partition coefficient (Wildman–Crippen LogP) is 1.17. The largest absolute Gasteiger partial charge is 0.508 e. The van der Waals surface area contributed by atoms with Crippen LogP contribution in [0.4, 0.5) is 0 Å². The minimum Gasteiger partial charge on any atom is -0.508 e. The lowest BCUT2D eigenvalue weighted by molar-refractivity contribution is -0.137. The van der Waals surface area contributed by atoms with Crippen LogP contribution in [0.3, 0.4) is 0 Å². The van der Waals surface area contributed by atoms with E-state index < -0.39 is 21.9 Å². The summed E-state index contributed by atoms with van der Waals surface area (Å²) in [5, 5.41) is 18.3. The van der Waals surface area contributed by atoms with Crippen molar-refractivity contribution >= 4 is 16.0 Å². The maximum absolute atomic E-state index is 12.1. The number of H-pyrrole nitrogens is 1. The van der Waals surface area contributed by atoms with Crippen molar-refractivity contribution in [3.8, 4) is 5.75 Å². The average molecular weight is 353 g/mol. The van der Waals surface area contributed by atoms with Crippen LogP contribution in [0, 0.1) is 0 Å². The number of carbonyl (C=O) groups is 1. The van der Waals surface area contributed by atoms with Crippen molar-refractivity contribution in [2.45, 2.75) is 23.8 Å². The number of carboxylic acid groups (broad SMARTS) is 1. The highest BCUT2D eigenvalue weighted by Crippen LogP contribution is 2.24. The molecule has 24 heavy (non-hydrogen) atoms. The van der Waals surface area contributed by atoms with E-state index in [-0.39, 0.29) is 17.2 Å². The van der Waals surface area contributed by atoms with Gasteiger partial charge in [0.1, 0.15) is 11.6 Å². The Kier molecular flexibility index (Phi) is 5.25. The van der Waals surface area contributed by atoms with Crippen LogP contribution in [0.15, 0.2) is 35.5 Å². The number of phenolic OH excluding ortho intramolecular Hbond substituents is 1. The van der Waals surface area contributed by atoms with Gasteiger partial charge in [0.2, 0.25) is 0 Å². The van der Waals surface area contributed by atoms with E-state index in [4.69, 9.17) is 5.11 Å². The van der Waals surface area contributed by atoms with Gasteiger partial charge in [0.25, 0.3) is 10.0 Å². The molecule has 1 heterocycles. The molecule has 1 aromatic heterocycles. The molecule has 0 saturated carbocycles. The van der Waals surface area contributed by atoms with E-state index in [1.165, 1.54) is 32.4 Å². The highest BCUT2D eigenvalue weighted by atomic mass is 32.2. The van der Waals surface area contributed by atoms with E-state index in [1.807, 2.05) is 0 Å². The SMILES string of the molecule is CN(C)S(=O)(=O)c1c[nH]c(C(CC(=O)O)Cc2ccc(O)cc2)n1. The lowest BCUT2D eigenvalue weighted by Crippen LogP contribution is -2.22. The Morgan fingerprint density at radius 3 is 2.46 bits per heavy atom. The molecular formula is C15H19N3O5S. The van der Waals surface area contributed by atoms with Gasteiger partial charge >= 0.3 is 5.97 Å². The third kappa shape index (κ3) is 4.12. The number of aliphatic carboxylic acids is 1. The first-order valence-corrected chi connectivity index (χ1v) is 8.61. The van der Waals surface area contributed by atoms with Crippen LogP contribution in [0.1, 0.15) is 23.7 Å². The number of rotatable bonds is 7. The first-order valence-electron chi connectivity index (χ1n) is 7.17. The van der Waals surface area contributed by atoms with Gasteiger partial charge in [-0.25, -0.2) is 17.7 Å². The van der Waals surface area contributed by atoms with Gasteiger partial charge in [0, 0.05) is 26.2 Å². The fraction of sp³-hybridized carbons (Fsp3) is 0.333. The summed E-state index contributed by atoms with van der Waals surface area (Å²) in [4.78, 5) is 18.0. The molecule has 0 amide bonds. The number of aromatic amines is 1. The highest BCUT2D eigenvalue weighted by molar-refractivity contribution is 7.89. The van der Waals surface area contributed by atoms with Gasteiger partial charge in [0.15, 0.2) is 5.03 Å². The minimum absolute atomic E-state index is 0.117. The molecule has 0 spiro atoms. The molecule has 0 bridgehead atoms. The van der Waals surface area contributed by atoms with Crippen LogP contribution in [0.25, 0.3) is 0 Å². The zero-order chi connectivity index (χ0) is 17.9. The fourth-order valence-corrected chi connectivity index (χ4v) is 3.04. The Balaban J connectivity index is 2.30. The molecule has 9 heteroatoms. The van der Waals surface area contributed by atoms with E-state index in [9.17, 15) is 18.3 Å². The zero-order valence-corrected chi connectivity index (χ0v) is 14.1. The monoisotopic (exact) mass is 353 g/mol. The van der Waals surface area contributed by atoms with Crippen LogP contribution in [-0.2, 0) is 21.2 Å². The molecule has 3 N–H and O–H groups in total. The number of aromatic hydroxyl groups is 1. The van der Waals surface area contributed by atoms with Gasteiger partial charge in [-0.2, -0.15) is 0 Å². The molecule has 0 aliphatic rings. The molecular weight excluding hydrogens is 334 g/mol. The molecule has 0 fully saturated rings. The van der Waals surface area contributed by atoms with Crippen LogP contribution in [0.5, 0.6) is 5.75 Å². The van der Waals surface area contributed by atoms with Crippen LogP contribution >= 0.6 is 0 Å². The lowest BCUT2D eigenvalue weighted by Gasteiger charge is -2.13. The number of aromatic nitrogens is 2. The molecule has 1 aromatic carbocycles. The summed E-state index contributed by atoms with van der Waals surface area (Å²) in [5.74, 6) is -1.11. The molecule has 1 unspecified atom stereocenters. The molecule has 130 valence electrons. The number of carboxylic acids is 1. The third-order valence-corrected chi connectivity index (χ3v) is 5.24. The first kappa shape index (κ1) is 18.0. The fourth-order valence-electron chi connectivity index (χ4n) is 2.24. The van der Waals surface area contributed by atoms with Crippen molar-refractivity contribution in [2.75, 3.05) is 14.1 Å². The average Bonchev–Trinajstić information content (AvgIpc) is 2.98. The number of nitrogens with zero attached hydrogens (tertiary/aromatic N) is 2. The summed E-state index contributed by atoms with van der Waals surface area (Å²) < 4.78 is 25.2. The molecule has 0 aliphatic carbocycles. The Morgan fingerprint density at radius 2 is 1.92 bits per heavy atom. The molecule has 0 aliphatic heterocycles. The molecule has 2 rings (SSSR count). The van der Waals surface area contributed by atoms with Crippen molar-refractivity contribution in [2.24, 2.45) is 0 Å². The summed E-state index contributed by atoms with van der Waals surface area (Å²) >= 11 is 0. The second-order valence-electron chi connectivity index (χ2n) is 5.58. The van der Waals surface area contributed by atoms with E-state index in [0.29, 0.717) is 12.2 Å². The lowest BCUT2D eigenvalue weighted by atomic mass is 9.95. The predicted molar refractivity (Wildman–Crippen MR) is 86.3 cm³/mol. The van der Waals surface area contributed by atoms with Crippen molar-refractivity contribution in [3.05, 3.63) is 41.9 Å². The van der Waals surface area contributed by atoms with Crippen LogP contribution in [-0.4, -0.2) is 53.0 Å². The number of sulfonamides is 1. The minimum atomic E-state index is -3.69. The van der Waals surface area contributed by atoms with E-state index in [0.717, 1.165) is 9.87 Å². The number of nitrogens with one attached hydrogen (secondary N) is 1. The smallest absolute Gasteiger partial charge is 0.304 e. The molecule has 0 saturated heterocycles. The maximum atomic E-state index is 12.1. The first-order chi connectivity index (χ1) is 11.2. The standard InChI is InChI=1S/C15H19N3O5S/c1-18(2)24(22,23)13-9-16-15(17-13)11(8-14(20)21)7-10-3-5-12(19)6-4-10/h3-6,9,11,19H,7-8H2,1-2H3,(H,16,17)(H,20,21). The van der Waals surface area contributed by atoms with Crippen molar-refractivity contribution < 1.29 is 23.4 Å². The molecule has 2 aromatic rings. The molecule has 8 nitrogen and oxygen atoms in total. The third-order valence-electron chi connectivity index (χ3n) is 3.55. The summed E-state index contributed by atoms with van der Waals surface area (Å²) in [5.41, 5.74) is 0.812. The van der Waals surface area contributed by atoms with Crippen molar-refractivity contribution in [3.63, 3.8) is 0 Å². The van der Waals surface area contributed by atoms with Gasteiger partial charge in [-0.3, -0.25) is 4.79 Å². The van der Waals surface area contributed by atoms with Crippen LogP contribution in [0.2, 0.25) is 0 Å². The second-order valence-corrected chi connectivity index (χ2v) is 7.68. The summed E-state index contributed by atoms with van der Waals surface area (Å²) in [6.07, 6.45) is 1.41. The number of imidazole rings is 1. The van der Waals surface area contributed by atoms with E-state index >= 15 is 0 Å². The number of hydrogen-bond donors (Lipinski definition) is 3. The Labute approximate surface area is 139 Å². The topological polar surface area (TPSA) is 124 Å². The van der Waals surface area contributed by atoms with Gasteiger partial charge < -0.3 is 15.2 Å². The highest BCUT2D eigenvalue weighted by Gasteiger charge is 2.25. The summed E-state index contributed by atoms with van der Waals surface area (Å²) in [6, 6.07) is 6.39. The van der Waals surface area contributed by atoms with Gasteiger partial charge in [0.05, 0.1) is 6.42 Å². The van der Waals surface area contributed by atoms with Crippen molar-refractivity contribution in [1.29, 1.82) is 0 Å². The van der Waals surface area contributed by atoms with Crippen LogP contribution < -0.4 is 0 Å². The zero-order valence-electron chi connectivity index (χ0n) is 13.3. The number of benzene rings is 1. The second kappa shape index (κ2) is 7.02. The van der Waals surface area contributed by atoms with Gasteiger partial charge in [-0.05, 0) is 24.1 Å². The van der Waals surface area contributed by atoms with Gasteiger partial charge in [-0.1, -0.05) is 12.1 Å². The molecule has 1 atom stereocenters. The summed E-state index contributed by atoms with van der Waals surface area (Å²) in [6.45, 7) is 0. The number of phenols is 1. The van der Waals surface area contributed by atoms with Gasteiger partial charge in [-0.15, -0.1) is 0 Å². The molecule has 0 radical (unpaired) electrons. The van der Waals surface area contributed by atoms with Crippen molar-refractivity contribution in [1.82, 2.24) is 14.3 Å². The number of hydrogen-bond acceptors (Lipinski definition) is 5. The Morgan fingerprint density at radius 1 is 1.29 bits per heavy atom. The summed E-state index contributed by atoms with van der Waals surface area (Å²) in [7, 11) is -0.891.